The van der Waals surface area contributed by atoms with Gasteiger partial charge in [0, 0.05) is 69.3 Å². The molecular weight excluding hydrogens is 648 g/mol. The van der Waals surface area contributed by atoms with Crippen LogP contribution < -0.4 is 21.3 Å². The number of fused-ring (bicyclic) bond motifs is 2. The second-order valence-corrected chi connectivity index (χ2v) is 18.2. The summed E-state index contributed by atoms with van der Waals surface area (Å²) in [5.41, 5.74) is 0.319. The van der Waals surface area contributed by atoms with Crippen molar-refractivity contribution in [1.29, 1.82) is 0 Å². The highest BCUT2D eigenvalue weighted by Gasteiger charge is 2.58. The molecule has 2 amide bonds. The molecule has 292 valence electrons. The van der Waals surface area contributed by atoms with Gasteiger partial charge in [0.1, 0.15) is 12.1 Å². The highest BCUT2D eigenvalue weighted by molar-refractivity contribution is 5.83. The second kappa shape index (κ2) is 16.6. The van der Waals surface area contributed by atoms with Crippen LogP contribution in [0.3, 0.4) is 0 Å². The number of amides is 2. The molecule has 2 heterocycles. The number of hydroxylamine groups is 2. The summed E-state index contributed by atoms with van der Waals surface area (Å²) in [7, 11) is 6.06. The Balaban J connectivity index is 1.14. The lowest BCUT2D eigenvalue weighted by Crippen LogP contribution is -2.62. The van der Waals surface area contributed by atoms with E-state index in [9.17, 15) is 19.8 Å². The quantitative estimate of drug-likeness (QED) is 0.167. The molecule has 51 heavy (non-hydrogen) atoms. The summed E-state index contributed by atoms with van der Waals surface area (Å²) < 4.78 is 6.38. The molecule has 7 rings (SSSR count). The lowest BCUT2D eigenvalue weighted by atomic mass is 9.45. The molecule has 0 radical (unpaired) electrons. The molecule has 5 saturated carbocycles. The monoisotopic (exact) mass is 719 g/mol. The Labute approximate surface area is 306 Å². The molecular formula is C39H70N6O6. The van der Waals surface area contributed by atoms with Crippen molar-refractivity contribution in [3.05, 3.63) is 0 Å². The second-order valence-electron chi connectivity index (χ2n) is 18.2. The Hall–Kier alpha value is -1.38. The molecule has 12 heteroatoms. The topological polar surface area (TPSA) is 148 Å². The Morgan fingerprint density at radius 2 is 1.90 bits per heavy atom. The number of hydrogen-bond acceptors (Lipinski definition) is 10. The lowest BCUT2D eigenvalue weighted by Gasteiger charge is -2.62. The number of rotatable bonds is 13. The van der Waals surface area contributed by atoms with Crippen molar-refractivity contribution in [2.75, 3.05) is 54.1 Å². The van der Waals surface area contributed by atoms with Crippen LogP contribution in [-0.2, 0) is 19.2 Å². The number of hydrogen-bond donors (Lipinski definition) is 6. The van der Waals surface area contributed by atoms with E-state index >= 15 is 0 Å². The predicted molar refractivity (Wildman–Crippen MR) is 196 cm³/mol. The fraction of sp³-hybridized carbons (Fsp3) is 0.949. The summed E-state index contributed by atoms with van der Waals surface area (Å²) >= 11 is 0. The number of ether oxygens (including phenoxy) is 1. The van der Waals surface area contributed by atoms with Crippen LogP contribution in [0.1, 0.15) is 85.5 Å². The van der Waals surface area contributed by atoms with Gasteiger partial charge in [0.2, 0.25) is 11.8 Å². The average molecular weight is 719 g/mol. The summed E-state index contributed by atoms with van der Waals surface area (Å²) in [4.78, 5) is 36.5. The van der Waals surface area contributed by atoms with E-state index in [1.165, 1.54) is 6.42 Å². The van der Waals surface area contributed by atoms with Gasteiger partial charge in [-0.05, 0) is 107 Å². The molecule has 7 unspecified atom stereocenters. The van der Waals surface area contributed by atoms with Gasteiger partial charge in [-0.25, -0.2) is 0 Å². The van der Waals surface area contributed by atoms with E-state index in [-0.39, 0.29) is 48.3 Å². The largest absolute Gasteiger partial charge is 0.394 e. The van der Waals surface area contributed by atoms with Crippen molar-refractivity contribution in [2.45, 2.75) is 128 Å². The van der Waals surface area contributed by atoms with Gasteiger partial charge >= 0.3 is 0 Å². The maximum Gasteiger partial charge on any atom is 0.240 e. The Kier molecular flexibility index (Phi) is 12.8. The fourth-order valence-corrected chi connectivity index (χ4v) is 11.7. The van der Waals surface area contributed by atoms with E-state index in [1.54, 1.807) is 19.1 Å². The molecule has 5 aliphatic carbocycles. The van der Waals surface area contributed by atoms with E-state index < -0.39 is 24.2 Å². The summed E-state index contributed by atoms with van der Waals surface area (Å²) in [6.45, 7) is 11.4. The Bertz CT molecular complexity index is 1180. The van der Waals surface area contributed by atoms with Crippen molar-refractivity contribution >= 4 is 11.8 Å². The van der Waals surface area contributed by atoms with Crippen LogP contribution in [0.4, 0.5) is 0 Å². The molecule has 2 aliphatic heterocycles. The zero-order valence-corrected chi connectivity index (χ0v) is 32.5. The van der Waals surface area contributed by atoms with Crippen LogP contribution in [0.5, 0.6) is 0 Å². The minimum Gasteiger partial charge on any atom is -0.394 e. The van der Waals surface area contributed by atoms with Gasteiger partial charge in [-0.3, -0.25) is 14.4 Å². The van der Waals surface area contributed by atoms with Crippen molar-refractivity contribution < 1.29 is 29.4 Å². The minimum absolute atomic E-state index is 0.0328. The van der Waals surface area contributed by atoms with Crippen LogP contribution in [0.25, 0.3) is 0 Å². The molecule has 12 nitrogen and oxygen atoms in total. The summed E-state index contributed by atoms with van der Waals surface area (Å²) in [6, 6.07) is 0.129. The van der Waals surface area contributed by atoms with Gasteiger partial charge in [0.25, 0.3) is 0 Å². The van der Waals surface area contributed by atoms with Gasteiger partial charge < -0.3 is 41.1 Å². The number of carbonyl (C=O) groups excluding carboxylic acids is 2. The zero-order chi connectivity index (χ0) is 36.6. The predicted octanol–water partition coefficient (Wildman–Crippen LogP) is 1.95. The van der Waals surface area contributed by atoms with Crippen molar-refractivity contribution in [3.63, 3.8) is 0 Å². The number of nitrogens with zero attached hydrogens (tertiary/aromatic N) is 2. The van der Waals surface area contributed by atoms with Gasteiger partial charge in [-0.2, -0.15) is 5.06 Å². The van der Waals surface area contributed by atoms with Crippen LogP contribution in [0.15, 0.2) is 0 Å². The van der Waals surface area contributed by atoms with Gasteiger partial charge in [-0.15, -0.1) is 0 Å². The first-order valence-corrected chi connectivity index (χ1v) is 20.3. The third-order valence-corrected chi connectivity index (χ3v) is 14.9. The number of aliphatic hydroxyl groups is 2. The molecule has 0 aromatic heterocycles. The average Bonchev–Trinajstić information content (AvgIpc) is 3.76. The molecule has 0 spiro atoms. The molecule has 2 bridgehead atoms. The van der Waals surface area contributed by atoms with E-state index in [0.717, 1.165) is 64.6 Å². The van der Waals surface area contributed by atoms with Crippen LogP contribution in [-0.4, -0.2) is 129 Å². The van der Waals surface area contributed by atoms with Gasteiger partial charge in [-0.1, -0.05) is 27.2 Å². The van der Waals surface area contributed by atoms with Crippen LogP contribution >= 0.6 is 0 Å². The van der Waals surface area contributed by atoms with Crippen molar-refractivity contribution in [2.24, 2.45) is 52.8 Å². The third-order valence-electron chi connectivity index (χ3n) is 14.9. The normalized spacial score (nSPS) is 43.1. The number of nitrogens with one attached hydrogen (secondary N) is 4. The lowest BCUT2D eigenvalue weighted by molar-refractivity contribution is -0.193. The Morgan fingerprint density at radius 3 is 2.53 bits per heavy atom. The van der Waals surface area contributed by atoms with Crippen LogP contribution in [0.2, 0.25) is 0 Å². The summed E-state index contributed by atoms with van der Waals surface area (Å²) in [5.74, 6) is 1.82. The standard InChI is InChI=1S/C39H70N6O6/c1-22-31-16-27(39(31,3)4)17-32(22)43-38(49)35-34(23(2)47)33(20-46)51-45(35)19-24-9-8-10-30(36(24)50-7)25-13-26(15-29(14-25)44(5)6)37(48)41-12-11-28-18-40-21-42-28/h22-36,40,42,46-47H,8-21H2,1-7H3,(H,41,48)(H,43,49)/t22-,23-,24?,25?,26?,27+,28?,29?,30?,31-,32-,33-,34+,35-,36?/m0/s1. The maximum atomic E-state index is 14.3. The van der Waals surface area contributed by atoms with Crippen LogP contribution in [0, 0.1) is 52.8 Å². The SMILES string of the molecule is COC1C(CN2O[C@@H](CO)[C@@H]([C@H](C)O)[C@H]2C(=O)N[C@H]2C[C@H]3C[C@@H]([C@@H]2C)C3(C)C)CCCC1C1CC(C(=O)NCCC2CNCN2)CC(N(C)C)C1. The van der Waals surface area contributed by atoms with Gasteiger partial charge in [0.15, 0.2) is 0 Å². The van der Waals surface area contributed by atoms with Crippen molar-refractivity contribution in [1.82, 2.24) is 31.2 Å². The first-order valence-electron chi connectivity index (χ1n) is 20.3. The number of carbonyl (C=O) groups is 2. The first kappa shape index (κ1) is 39.3. The number of aliphatic hydroxyl groups excluding tert-OH is 2. The zero-order valence-electron chi connectivity index (χ0n) is 32.5. The summed E-state index contributed by atoms with van der Waals surface area (Å²) in [6.07, 6.45) is 7.41. The molecule has 7 aliphatic rings. The van der Waals surface area contributed by atoms with E-state index in [0.29, 0.717) is 54.3 Å². The molecule has 2 saturated heterocycles. The molecule has 0 aromatic rings. The van der Waals surface area contributed by atoms with E-state index in [4.69, 9.17) is 9.57 Å². The molecule has 15 atom stereocenters. The maximum absolute atomic E-state index is 14.3. The van der Waals surface area contributed by atoms with Crippen molar-refractivity contribution in [3.8, 4) is 0 Å². The molecule has 6 N–H and O–H groups in total. The third kappa shape index (κ3) is 8.19. The molecule has 7 fully saturated rings. The first-order chi connectivity index (χ1) is 24.3. The fourth-order valence-electron chi connectivity index (χ4n) is 11.7. The van der Waals surface area contributed by atoms with E-state index in [2.05, 4.69) is 61.0 Å². The van der Waals surface area contributed by atoms with Gasteiger partial charge in [0.05, 0.1) is 18.8 Å². The highest BCUT2D eigenvalue weighted by atomic mass is 16.7. The molecule has 0 aromatic carbocycles. The Morgan fingerprint density at radius 1 is 1.12 bits per heavy atom. The minimum atomic E-state index is -0.823. The smallest absolute Gasteiger partial charge is 0.240 e. The highest BCUT2D eigenvalue weighted by Crippen LogP contribution is 2.61. The van der Waals surface area contributed by atoms with E-state index in [1.807, 2.05) is 0 Å². The number of methoxy groups -OCH3 is 1. The summed E-state index contributed by atoms with van der Waals surface area (Å²) in [5, 5.41) is 36.6.